The van der Waals surface area contributed by atoms with E-state index < -0.39 is 5.60 Å². The van der Waals surface area contributed by atoms with Gasteiger partial charge in [-0.25, -0.2) is 0 Å². The van der Waals surface area contributed by atoms with Crippen molar-refractivity contribution in [3.8, 4) is 5.75 Å². The summed E-state index contributed by atoms with van der Waals surface area (Å²) in [6.45, 7) is 7.70. The van der Waals surface area contributed by atoms with Crippen molar-refractivity contribution in [2.45, 2.75) is 51.7 Å². The fourth-order valence-corrected chi connectivity index (χ4v) is 3.49. The van der Waals surface area contributed by atoms with Crippen LogP contribution in [0.5, 0.6) is 5.75 Å². The van der Waals surface area contributed by atoms with Gasteiger partial charge in [0.1, 0.15) is 5.75 Å². The fraction of sp³-hybridized carbons (Fsp3) is 0.308. The zero-order valence-corrected chi connectivity index (χ0v) is 18.1. The molecule has 0 saturated carbocycles. The SMILES string of the molecule is Cc1ccc(CC(c2ccccc2)C(C)NC(=O)C(C)(C)Oc2cccnc2)cc1. The number of pyridine rings is 1. The van der Waals surface area contributed by atoms with Crippen molar-refractivity contribution in [2.75, 3.05) is 0 Å². The molecular weight excluding hydrogens is 372 g/mol. The van der Waals surface area contributed by atoms with Gasteiger partial charge in [0.2, 0.25) is 0 Å². The smallest absolute Gasteiger partial charge is 0.263 e. The maximum absolute atomic E-state index is 13.1. The van der Waals surface area contributed by atoms with Gasteiger partial charge in [0.05, 0.1) is 6.20 Å². The van der Waals surface area contributed by atoms with Crippen molar-refractivity contribution in [1.29, 1.82) is 0 Å². The number of hydrogen-bond acceptors (Lipinski definition) is 3. The molecule has 0 spiro atoms. The van der Waals surface area contributed by atoms with E-state index in [9.17, 15) is 4.79 Å². The number of aromatic nitrogens is 1. The molecule has 0 aliphatic heterocycles. The summed E-state index contributed by atoms with van der Waals surface area (Å²) in [6, 6.07) is 22.5. The molecule has 0 saturated heterocycles. The Balaban J connectivity index is 1.76. The highest BCUT2D eigenvalue weighted by Crippen LogP contribution is 2.26. The molecule has 2 atom stereocenters. The molecule has 0 fully saturated rings. The Bertz CT molecular complexity index is 938. The molecule has 1 aromatic heterocycles. The molecule has 3 aromatic rings. The number of amides is 1. The van der Waals surface area contributed by atoms with E-state index in [1.54, 1.807) is 38.4 Å². The summed E-state index contributed by atoms with van der Waals surface area (Å²) in [5.41, 5.74) is 2.69. The minimum atomic E-state index is -1.01. The van der Waals surface area contributed by atoms with Gasteiger partial charge in [-0.3, -0.25) is 9.78 Å². The summed E-state index contributed by atoms with van der Waals surface area (Å²) in [7, 11) is 0. The lowest BCUT2D eigenvalue weighted by Gasteiger charge is -2.31. The molecule has 0 bridgehead atoms. The van der Waals surface area contributed by atoms with Crippen LogP contribution in [0.4, 0.5) is 0 Å². The van der Waals surface area contributed by atoms with E-state index in [1.807, 2.05) is 18.2 Å². The molecule has 30 heavy (non-hydrogen) atoms. The first kappa shape index (κ1) is 21.6. The Kier molecular flexibility index (Phi) is 6.88. The molecule has 1 heterocycles. The molecule has 4 nitrogen and oxygen atoms in total. The second-order valence-corrected chi connectivity index (χ2v) is 8.27. The summed E-state index contributed by atoms with van der Waals surface area (Å²) in [5.74, 6) is 0.570. The van der Waals surface area contributed by atoms with Gasteiger partial charge in [0.15, 0.2) is 5.60 Å². The first-order valence-electron chi connectivity index (χ1n) is 10.4. The second-order valence-electron chi connectivity index (χ2n) is 8.27. The monoisotopic (exact) mass is 402 g/mol. The van der Waals surface area contributed by atoms with Gasteiger partial charge < -0.3 is 10.1 Å². The van der Waals surface area contributed by atoms with Crippen molar-refractivity contribution in [2.24, 2.45) is 0 Å². The zero-order chi connectivity index (χ0) is 21.6. The van der Waals surface area contributed by atoms with E-state index in [4.69, 9.17) is 4.74 Å². The van der Waals surface area contributed by atoms with E-state index in [1.165, 1.54) is 16.7 Å². The van der Waals surface area contributed by atoms with Gasteiger partial charge in [0.25, 0.3) is 5.91 Å². The number of nitrogens with one attached hydrogen (secondary N) is 1. The third-order valence-electron chi connectivity index (χ3n) is 5.32. The first-order chi connectivity index (χ1) is 14.3. The summed E-state index contributed by atoms with van der Waals surface area (Å²) < 4.78 is 5.91. The van der Waals surface area contributed by atoms with Crippen molar-refractivity contribution >= 4 is 5.91 Å². The number of aryl methyl sites for hydroxylation is 1. The highest BCUT2D eigenvalue weighted by molar-refractivity contribution is 5.85. The lowest BCUT2D eigenvalue weighted by Crippen LogP contribution is -2.51. The largest absolute Gasteiger partial charge is 0.476 e. The summed E-state index contributed by atoms with van der Waals surface area (Å²) in [4.78, 5) is 17.1. The fourth-order valence-electron chi connectivity index (χ4n) is 3.49. The van der Waals surface area contributed by atoms with Crippen LogP contribution >= 0.6 is 0 Å². The summed E-state index contributed by atoms with van der Waals surface area (Å²) in [6.07, 6.45) is 4.13. The van der Waals surface area contributed by atoms with Crippen LogP contribution in [0.2, 0.25) is 0 Å². The summed E-state index contributed by atoms with van der Waals surface area (Å²) >= 11 is 0. The highest BCUT2D eigenvalue weighted by Gasteiger charge is 2.33. The van der Waals surface area contributed by atoms with Crippen molar-refractivity contribution < 1.29 is 9.53 Å². The lowest BCUT2D eigenvalue weighted by molar-refractivity contribution is -0.135. The van der Waals surface area contributed by atoms with E-state index in [-0.39, 0.29) is 17.9 Å². The standard InChI is InChI=1S/C26H30N2O2/c1-19-12-14-21(15-13-19)17-24(22-9-6-5-7-10-22)20(2)28-25(29)26(3,4)30-23-11-8-16-27-18-23/h5-16,18,20,24H,17H2,1-4H3,(H,28,29). The van der Waals surface area contributed by atoms with Crippen molar-refractivity contribution in [1.82, 2.24) is 10.3 Å². The quantitative estimate of drug-likeness (QED) is 0.572. The molecule has 0 radical (unpaired) electrons. The average Bonchev–Trinajstić information content (AvgIpc) is 2.74. The number of carbonyl (C=O) groups excluding carboxylic acids is 1. The Hall–Kier alpha value is -3.14. The Morgan fingerprint density at radius 2 is 1.73 bits per heavy atom. The van der Waals surface area contributed by atoms with Gasteiger partial charge in [-0.2, -0.15) is 0 Å². The van der Waals surface area contributed by atoms with Crippen LogP contribution in [0, 0.1) is 6.92 Å². The normalized spacial score (nSPS) is 13.3. The number of rotatable bonds is 8. The van der Waals surface area contributed by atoms with Crippen molar-refractivity contribution in [3.05, 3.63) is 95.8 Å². The Labute approximate surface area is 179 Å². The van der Waals surface area contributed by atoms with Crippen LogP contribution in [0.25, 0.3) is 0 Å². The molecule has 2 aromatic carbocycles. The maximum Gasteiger partial charge on any atom is 0.263 e. The third kappa shape index (κ3) is 5.69. The van der Waals surface area contributed by atoms with E-state index in [2.05, 4.69) is 60.5 Å². The van der Waals surface area contributed by atoms with Crippen LogP contribution in [0.1, 0.15) is 43.4 Å². The van der Waals surface area contributed by atoms with Gasteiger partial charge in [0, 0.05) is 18.2 Å². The van der Waals surface area contributed by atoms with Gasteiger partial charge >= 0.3 is 0 Å². The predicted molar refractivity (Wildman–Crippen MR) is 121 cm³/mol. The second kappa shape index (κ2) is 9.57. The van der Waals surface area contributed by atoms with E-state index in [0.717, 1.165) is 6.42 Å². The molecular formula is C26H30N2O2. The van der Waals surface area contributed by atoms with Gasteiger partial charge in [-0.15, -0.1) is 0 Å². The number of benzene rings is 2. The van der Waals surface area contributed by atoms with Crippen molar-refractivity contribution in [3.63, 3.8) is 0 Å². The minimum absolute atomic E-state index is 0.0713. The van der Waals surface area contributed by atoms with E-state index >= 15 is 0 Å². The first-order valence-corrected chi connectivity index (χ1v) is 10.4. The molecule has 4 heteroatoms. The minimum Gasteiger partial charge on any atom is -0.476 e. The third-order valence-corrected chi connectivity index (χ3v) is 5.32. The molecule has 0 aliphatic carbocycles. The number of carbonyl (C=O) groups is 1. The zero-order valence-electron chi connectivity index (χ0n) is 18.1. The van der Waals surface area contributed by atoms with Gasteiger partial charge in [-0.05, 0) is 57.4 Å². The Morgan fingerprint density at radius 3 is 2.37 bits per heavy atom. The molecule has 2 unspecified atom stereocenters. The molecule has 1 amide bonds. The highest BCUT2D eigenvalue weighted by atomic mass is 16.5. The summed E-state index contributed by atoms with van der Waals surface area (Å²) in [5, 5.41) is 3.19. The Morgan fingerprint density at radius 1 is 1.03 bits per heavy atom. The maximum atomic E-state index is 13.1. The lowest BCUT2D eigenvalue weighted by atomic mass is 9.86. The van der Waals surface area contributed by atoms with Crippen LogP contribution < -0.4 is 10.1 Å². The number of ether oxygens (including phenoxy) is 1. The molecule has 156 valence electrons. The average molecular weight is 403 g/mol. The molecule has 3 rings (SSSR count). The topological polar surface area (TPSA) is 51.2 Å². The van der Waals surface area contributed by atoms with Crippen LogP contribution in [0.3, 0.4) is 0 Å². The molecule has 1 N–H and O–H groups in total. The van der Waals surface area contributed by atoms with Crippen LogP contribution in [0.15, 0.2) is 79.1 Å². The number of hydrogen-bond donors (Lipinski definition) is 1. The van der Waals surface area contributed by atoms with E-state index in [0.29, 0.717) is 5.75 Å². The molecule has 0 aliphatic rings. The predicted octanol–water partition coefficient (Wildman–Crippen LogP) is 5.08. The number of nitrogens with zero attached hydrogens (tertiary/aromatic N) is 1. The van der Waals surface area contributed by atoms with Crippen LogP contribution in [-0.2, 0) is 11.2 Å². The van der Waals surface area contributed by atoms with Gasteiger partial charge in [-0.1, -0.05) is 60.2 Å². The van der Waals surface area contributed by atoms with Crippen LogP contribution in [-0.4, -0.2) is 22.5 Å².